The molecular weight excluding hydrogens is 572 g/mol. The predicted molar refractivity (Wildman–Crippen MR) is 159 cm³/mol. The van der Waals surface area contributed by atoms with Crippen LogP contribution in [-0.4, -0.2) is 34.7 Å². The van der Waals surface area contributed by atoms with Gasteiger partial charge in [0.2, 0.25) is 0 Å². The van der Waals surface area contributed by atoms with Crippen LogP contribution in [0.5, 0.6) is 11.5 Å². The van der Waals surface area contributed by atoms with E-state index in [0.717, 1.165) is 17.7 Å². The molecule has 0 atom stereocenters. The Labute approximate surface area is 252 Å². The highest BCUT2D eigenvalue weighted by Gasteiger charge is 2.18. The number of hydrogen-bond acceptors (Lipinski definition) is 5. The third-order valence-corrected chi connectivity index (χ3v) is 6.72. The van der Waals surface area contributed by atoms with Crippen LogP contribution in [-0.2, 0) is 29.2 Å². The molecule has 0 aromatic heterocycles. The van der Waals surface area contributed by atoms with E-state index in [-0.39, 0.29) is 67.9 Å². The normalized spacial score (nSPS) is 10.7. The molecule has 0 aliphatic rings. The number of aliphatic carboxylic acids is 2. The van der Waals surface area contributed by atoms with Gasteiger partial charge in [-0.15, -0.1) is 0 Å². The van der Waals surface area contributed by atoms with Crippen LogP contribution in [0.2, 0.25) is 0 Å². The average molecular weight is 604 g/mol. The summed E-state index contributed by atoms with van der Waals surface area (Å²) in [6.45, 7) is 0.282. The van der Waals surface area contributed by atoms with Gasteiger partial charge in [-0.1, -0.05) is 48.5 Å². The summed E-state index contributed by atoms with van der Waals surface area (Å²) < 4.78 is 41.4. The molecule has 0 bridgehead atoms. The molecule has 0 saturated heterocycles. The van der Waals surface area contributed by atoms with Crippen molar-refractivity contribution in [3.63, 3.8) is 0 Å². The number of carboxylic acid groups (broad SMARTS) is 2. The first-order valence-corrected chi connectivity index (χ1v) is 13.9. The molecule has 44 heavy (non-hydrogen) atoms. The Morgan fingerprint density at radius 1 is 0.773 bits per heavy atom. The summed E-state index contributed by atoms with van der Waals surface area (Å²) in [6.07, 6.45) is 0.128. The molecule has 0 aliphatic carbocycles. The van der Waals surface area contributed by atoms with Gasteiger partial charge in [0, 0.05) is 30.5 Å². The molecule has 4 aromatic carbocycles. The third-order valence-electron chi connectivity index (χ3n) is 6.72. The highest BCUT2D eigenvalue weighted by Crippen LogP contribution is 2.32. The van der Waals surface area contributed by atoms with Crippen molar-refractivity contribution in [3.05, 3.63) is 119 Å². The first-order valence-electron chi connectivity index (χ1n) is 13.9. The highest BCUT2D eigenvalue weighted by atomic mass is 19.1. The van der Waals surface area contributed by atoms with Crippen molar-refractivity contribution < 1.29 is 42.9 Å². The summed E-state index contributed by atoms with van der Waals surface area (Å²) in [5, 5.41) is 21.0. The standard InChI is InChI=1S/C34H31F2NO7/c35-28-10-5-11-29(36)33(28)24-17-25(34(42)37-20-22-7-2-1-3-8-22)19-26(18-24)44-21-23-9-4-12-30(27(23)14-15-32(40)41)43-16-6-13-31(38)39/h1-5,7-12,17-19H,6,13-16,20-21H2,(H,37,42)(H,38,39)(H,40,41). The quantitative estimate of drug-likeness (QED) is 0.134. The minimum atomic E-state index is -1.01. The van der Waals surface area contributed by atoms with Crippen molar-refractivity contribution in [2.45, 2.75) is 38.8 Å². The summed E-state index contributed by atoms with van der Waals surface area (Å²) in [7, 11) is 0. The second kappa shape index (κ2) is 15.3. The zero-order chi connectivity index (χ0) is 31.5. The minimum absolute atomic E-state index is 0.0738. The molecule has 10 heteroatoms. The number of carbonyl (C=O) groups excluding carboxylic acids is 1. The topological polar surface area (TPSA) is 122 Å². The zero-order valence-corrected chi connectivity index (χ0v) is 23.7. The number of carboxylic acids is 2. The molecule has 3 N–H and O–H groups in total. The first kappa shape index (κ1) is 31.7. The second-order valence-electron chi connectivity index (χ2n) is 9.93. The van der Waals surface area contributed by atoms with E-state index in [9.17, 15) is 28.3 Å². The molecule has 4 aromatic rings. The number of rotatable bonds is 15. The molecule has 1 amide bonds. The molecule has 0 fully saturated rings. The van der Waals surface area contributed by atoms with E-state index in [0.29, 0.717) is 16.9 Å². The van der Waals surface area contributed by atoms with Crippen LogP contribution in [0, 0.1) is 11.6 Å². The SMILES string of the molecule is O=C(O)CCCOc1cccc(COc2cc(C(=O)NCc3ccccc3)cc(-c3c(F)cccc3F)c2)c1CCC(=O)O. The van der Waals surface area contributed by atoms with Crippen molar-refractivity contribution >= 4 is 17.8 Å². The van der Waals surface area contributed by atoms with Crippen LogP contribution in [0.1, 0.15) is 46.3 Å². The van der Waals surface area contributed by atoms with Crippen molar-refractivity contribution in [1.82, 2.24) is 5.32 Å². The molecule has 0 spiro atoms. The van der Waals surface area contributed by atoms with E-state index in [1.807, 2.05) is 30.3 Å². The largest absolute Gasteiger partial charge is 0.493 e. The molecule has 0 radical (unpaired) electrons. The van der Waals surface area contributed by atoms with Crippen molar-refractivity contribution in [2.24, 2.45) is 0 Å². The molecule has 4 rings (SSSR count). The number of benzene rings is 4. The lowest BCUT2D eigenvalue weighted by Crippen LogP contribution is -2.22. The highest BCUT2D eigenvalue weighted by molar-refractivity contribution is 5.96. The summed E-state index contributed by atoms with van der Waals surface area (Å²) in [6, 6.07) is 22.1. The summed E-state index contributed by atoms with van der Waals surface area (Å²) in [5.74, 6) is -3.48. The minimum Gasteiger partial charge on any atom is -0.493 e. The van der Waals surface area contributed by atoms with E-state index in [1.54, 1.807) is 18.2 Å². The number of halogens is 2. The van der Waals surface area contributed by atoms with Gasteiger partial charge in [0.25, 0.3) is 5.91 Å². The van der Waals surface area contributed by atoms with Crippen LogP contribution in [0.15, 0.2) is 84.9 Å². The maximum Gasteiger partial charge on any atom is 0.303 e. The Balaban J connectivity index is 1.62. The number of carbonyl (C=O) groups is 3. The van der Waals surface area contributed by atoms with Gasteiger partial charge >= 0.3 is 11.9 Å². The molecule has 0 unspecified atom stereocenters. The lowest BCUT2D eigenvalue weighted by atomic mass is 10.0. The van der Waals surface area contributed by atoms with E-state index in [2.05, 4.69) is 5.32 Å². The maximum atomic E-state index is 14.8. The lowest BCUT2D eigenvalue weighted by Gasteiger charge is -2.17. The lowest BCUT2D eigenvalue weighted by molar-refractivity contribution is -0.138. The molecule has 8 nitrogen and oxygen atoms in total. The molecule has 0 saturated carbocycles. The first-order chi connectivity index (χ1) is 21.2. The fraction of sp³-hybridized carbons (Fsp3) is 0.206. The van der Waals surface area contributed by atoms with Crippen LogP contribution in [0.4, 0.5) is 8.78 Å². The Morgan fingerprint density at radius 2 is 1.48 bits per heavy atom. The number of hydrogen-bond donors (Lipinski definition) is 3. The van der Waals surface area contributed by atoms with E-state index < -0.39 is 29.5 Å². The van der Waals surface area contributed by atoms with Gasteiger partial charge in [-0.2, -0.15) is 0 Å². The molecule has 0 aliphatic heterocycles. The van der Waals surface area contributed by atoms with Gasteiger partial charge in [0.1, 0.15) is 29.7 Å². The van der Waals surface area contributed by atoms with Crippen LogP contribution >= 0.6 is 0 Å². The zero-order valence-electron chi connectivity index (χ0n) is 23.7. The van der Waals surface area contributed by atoms with Gasteiger partial charge in [-0.25, -0.2) is 8.78 Å². The smallest absolute Gasteiger partial charge is 0.303 e. The van der Waals surface area contributed by atoms with Gasteiger partial charge in [-0.05, 0) is 65.9 Å². The van der Waals surface area contributed by atoms with E-state index in [1.165, 1.54) is 24.3 Å². The third kappa shape index (κ3) is 8.87. The summed E-state index contributed by atoms with van der Waals surface area (Å²) >= 11 is 0. The molecule has 0 heterocycles. The van der Waals surface area contributed by atoms with Gasteiger partial charge in [0.15, 0.2) is 0 Å². The monoisotopic (exact) mass is 603 g/mol. The Bertz CT molecular complexity index is 1610. The second-order valence-corrected chi connectivity index (χ2v) is 9.93. The van der Waals surface area contributed by atoms with Crippen molar-refractivity contribution in [2.75, 3.05) is 6.61 Å². The molecular formula is C34H31F2NO7. The maximum absolute atomic E-state index is 14.8. The van der Waals surface area contributed by atoms with Gasteiger partial charge in [0.05, 0.1) is 12.2 Å². The number of ether oxygens (including phenoxy) is 2. The predicted octanol–water partition coefficient (Wildman–Crippen LogP) is 6.40. The van der Waals surface area contributed by atoms with Gasteiger partial charge < -0.3 is 25.0 Å². The summed E-state index contributed by atoms with van der Waals surface area (Å²) in [5.41, 5.74) is 1.95. The van der Waals surface area contributed by atoms with Crippen molar-refractivity contribution in [3.8, 4) is 22.6 Å². The average Bonchev–Trinajstić information content (AvgIpc) is 3.00. The fourth-order valence-corrected chi connectivity index (χ4v) is 4.58. The van der Waals surface area contributed by atoms with Crippen molar-refractivity contribution in [1.29, 1.82) is 0 Å². The van der Waals surface area contributed by atoms with Crippen LogP contribution in [0.3, 0.4) is 0 Å². The van der Waals surface area contributed by atoms with E-state index >= 15 is 0 Å². The summed E-state index contributed by atoms with van der Waals surface area (Å²) in [4.78, 5) is 35.3. The van der Waals surface area contributed by atoms with Crippen LogP contribution < -0.4 is 14.8 Å². The van der Waals surface area contributed by atoms with Crippen LogP contribution in [0.25, 0.3) is 11.1 Å². The Hall–Kier alpha value is -5.25. The fourth-order valence-electron chi connectivity index (χ4n) is 4.58. The molecule has 228 valence electrons. The van der Waals surface area contributed by atoms with Gasteiger partial charge in [-0.3, -0.25) is 14.4 Å². The number of amides is 1. The Kier molecular flexibility index (Phi) is 11.0. The van der Waals surface area contributed by atoms with E-state index in [4.69, 9.17) is 14.6 Å². The number of nitrogens with one attached hydrogen (secondary N) is 1. The Morgan fingerprint density at radius 3 is 2.18 bits per heavy atom.